The van der Waals surface area contributed by atoms with E-state index in [0.29, 0.717) is 12.4 Å². The fourth-order valence-corrected chi connectivity index (χ4v) is 3.30. The van der Waals surface area contributed by atoms with Crippen molar-refractivity contribution < 1.29 is 29.0 Å². The average molecular weight is 428 g/mol. The molecule has 0 spiro atoms. The van der Waals surface area contributed by atoms with E-state index in [2.05, 4.69) is 10.1 Å². The van der Waals surface area contributed by atoms with Crippen molar-refractivity contribution in [2.75, 3.05) is 11.4 Å². The minimum atomic E-state index is -1.23. The summed E-state index contributed by atoms with van der Waals surface area (Å²) in [6.07, 6.45) is 0.991. The van der Waals surface area contributed by atoms with Crippen molar-refractivity contribution >= 4 is 29.4 Å². The van der Waals surface area contributed by atoms with Crippen LogP contribution in [0.25, 0.3) is 0 Å². The molecule has 1 unspecified atom stereocenters. The van der Waals surface area contributed by atoms with Crippen molar-refractivity contribution in [2.24, 2.45) is 5.92 Å². The molecule has 3 rings (SSSR count). The van der Waals surface area contributed by atoms with Gasteiger partial charge in [-0.1, -0.05) is 0 Å². The van der Waals surface area contributed by atoms with Gasteiger partial charge in [0.1, 0.15) is 17.1 Å². The number of carboxylic acid groups (broad SMARTS) is 1. The fourth-order valence-electron chi connectivity index (χ4n) is 3.30. The third kappa shape index (κ3) is 4.62. The maximum absolute atomic E-state index is 12.9. The number of carbonyl (C=O) groups is 4. The highest BCUT2D eigenvalue weighted by molar-refractivity contribution is 6.16. The lowest BCUT2D eigenvalue weighted by Crippen LogP contribution is -2.37. The number of ether oxygens (including phenoxy) is 1. The Balaban J connectivity index is 1.78. The molecule has 2 aromatic rings. The Hall–Kier alpha value is -3.56. The zero-order valence-electron chi connectivity index (χ0n) is 17.8. The quantitative estimate of drug-likeness (QED) is 0.568. The number of amides is 1. The van der Waals surface area contributed by atoms with Gasteiger partial charge in [0.25, 0.3) is 0 Å². The van der Waals surface area contributed by atoms with Gasteiger partial charge in [0.2, 0.25) is 0 Å². The van der Waals surface area contributed by atoms with Crippen LogP contribution in [0.3, 0.4) is 0 Å². The van der Waals surface area contributed by atoms with Gasteiger partial charge in [-0.2, -0.15) is 5.10 Å². The summed E-state index contributed by atoms with van der Waals surface area (Å²) in [6, 6.07) is 4.23. The maximum Gasteiger partial charge on any atom is 0.415 e. The molecule has 1 aliphatic rings. The number of carbonyl (C=O) groups excluding carboxylic acids is 3. The molecule has 0 radical (unpaired) electrons. The lowest BCUT2D eigenvalue weighted by atomic mass is 9.88. The summed E-state index contributed by atoms with van der Waals surface area (Å²) in [4.78, 5) is 54.7. The molecule has 10 nitrogen and oxygen atoms in total. The molecule has 1 N–H and O–H groups in total. The van der Waals surface area contributed by atoms with Crippen molar-refractivity contribution in [3.8, 4) is 0 Å². The van der Waals surface area contributed by atoms with E-state index >= 15 is 0 Å². The van der Waals surface area contributed by atoms with Gasteiger partial charge in [-0.25, -0.2) is 14.6 Å². The minimum absolute atomic E-state index is 0.105. The van der Waals surface area contributed by atoms with Crippen LogP contribution in [0.2, 0.25) is 0 Å². The first-order valence-corrected chi connectivity index (χ1v) is 9.88. The number of anilines is 1. The first-order chi connectivity index (χ1) is 14.5. The van der Waals surface area contributed by atoms with Gasteiger partial charge in [-0.05, 0) is 46.2 Å². The van der Waals surface area contributed by atoms with E-state index in [9.17, 15) is 19.2 Å². The normalized spacial score (nSPS) is 15.9. The van der Waals surface area contributed by atoms with Crippen LogP contribution in [0.4, 0.5) is 10.6 Å². The lowest BCUT2D eigenvalue weighted by Gasteiger charge is -2.26. The Kier molecular flexibility index (Phi) is 5.92. The van der Waals surface area contributed by atoms with E-state index in [0.717, 1.165) is 0 Å². The predicted octanol–water partition coefficient (Wildman–Crippen LogP) is 2.82. The first-order valence-electron chi connectivity index (χ1n) is 9.88. The van der Waals surface area contributed by atoms with Gasteiger partial charge in [-0.15, -0.1) is 0 Å². The summed E-state index contributed by atoms with van der Waals surface area (Å²) in [5, 5.41) is 12.9. The van der Waals surface area contributed by atoms with Crippen LogP contribution in [-0.2, 0) is 11.3 Å². The number of fused-ring (bicyclic) bond motifs is 1. The zero-order chi connectivity index (χ0) is 22.9. The number of aromatic carboxylic acids is 1. The van der Waals surface area contributed by atoms with E-state index in [1.165, 1.54) is 34.0 Å². The molecule has 1 aliphatic heterocycles. The van der Waals surface area contributed by atoms with Gasteiger partial charge < -0.3 is 9.84 Å². The molecule has 0 saturated carbocycles. The second-order valence-corrected chi connectivity index (χ2v) is 8.14. The molecule has 2 aromatic heterocycles. The summed E-state index contributed by atoms with van der Waals surface area (Å²) >= 11 is 0. The smallest absolute Gasteiger partial charge is 0.415 e. The molecular formula is C21H24N4O6. The first kappa shape index (κ1) is 22.1. The SMILES string of the molecule is CCN(C(=O)OC(C)(C)C)c1ccc(C(=O)C2CCn3nc(C(=O)O)cc3C2=O)cn1. The highest BCUT2D eigenvalue weighted by atomic mass is 16.6. The molecule has 0 aliphatic carbocycles. The highest BCUT2D eigenvalue weighted by Gasteiger charge is 2.35. The van der Waals surface area contributed by atoms with E-state index in [1.54, 1.807) is 27.7 Å². The van der Waals surface area contributed by atoms with Gasteiger partial charge >= 0.3 is 12.1 Å². The minimum Gasteiger partial charge on any atom is -0.476 e. The van der Waals surface area contributed by atoms with Crippen molar-refractivity contribution in [1.82, 2.24) is 14.8 Å². The van der Waals surface area contributed by atoms with Crippen LogP contribution < -0.4 is 4.90 Å². The number of rotatable bonds is 5. The molecule has 0 saturated heterocycles. The van der Waals surface area contributed by atoms with E-state index in [1.807, 2.05) is 0 Å². The van der Waals surface area contributed by atoms with Gasteiger partial charge in [0.05, 0.1) is 5.92 Å². The Bertz CT molecular complexity index is 1040. The van der Waals surface area contributed by atoms with Gasteiger partial charge in [0.15, 0.2) is 17.3 Å². The number of hydrogen-bond acceptors (Lipinski definition) is 7. The monoisotopic (exact) mass is 428 g/mol. The van der Waals surface area contributed by atoms with Crippen molar-refractivity contribution in [1.29, 1.82) is 0 Å². The summed E-state index contributed by atoms with van der Waals surface area (Å²) in [7, 11) is 0. The van der Waals surface area contributed by atoms with Crippen LogP contribution in [0, 0.1) is 5.92 Å². The summed E-state index contributed by atoms with van der Waals surface area (Å²) < 4.78 is 6.69. The number of carboxylic acids is 1. The Labute approximate surface area is 178 Å². The van der Waals surface area contributed by atoms with Gasteiger partial charge in [0, 0.05) is 30.9 Å². The maximum atomic E-state index is 12.9. The summed E-state index contributed by atoms with van der Waals surface area (Å²) in [5.74, 6) is -2.72. The Morgan fingerprint density at radius 2 is 2.00 bits per heavy atom. The molecule has 31 heavy (non-hydrogen) atoms. The highest BCUT2D eigenvalue weighted by Crippen LogP contribution is 2.25. The number of ketones is 2. The number of aromatic nitrogens is 3. The number of aryl methyl sites for hydroxylation is 1. The van der Waals surface area contributed by atoms with Crippen LogP contribution in [0.5, 0.6) is 0 Å². The van der Waals surface area contributed by atoms with E-state index in [4.69, 9.17) is 9.84 Å². The molecular weight excluding hydrogens is 404 g/mol. The number of Topliss-reactive ketones (excluding diaryl/α,β-unsaturated/α-hetero) is 2. The predicted molar refractivity (Wildman–Crippen MR) is 109 cm³/mol. The number of hydrogen-bond donors (Lipinski definition) is 1. The molecule has 1 amide bonds. The van der Waals surface area contributed by atoms with Crippen LogP contribution in [-0.4, -0.2) is 55.6 Å². The third-order valence-electron chi connectivity index (χ3n) is 4.75. The third-order valence-corrected chi connectivity index (χ3v) is 4.75. The largest absolute Gasteiger partial charge is 0.476 e. The standard InChI is InChI=1S/C21H24N4O6/c1-5-24(20(30)31-21(2,3)4)16-7-6-12(11-22-16)17(26)13-8-9-25-15(18(13)27)10-14(23-25)19(28)29/h6-7,10-11,13H,5,8-9H2,1-4H3,(H,28,29). The average Bonchev–Trinajstić information content (AvgIpc) is 3.13. The molecule has 0 bridgehead atoms. The molecule has 0 aromatic carbocycles. The van der Waals surface area contributed by atoms with E-state index in [-0.39, 0.29) is 29.9 Å². The van der Waals surface area contributed by atoms with Crippen LogP contribution >= 0.6 is 0 Å². The summed E-state index contributed by atoms with van der Waals surface area (Å²) in [6.45, 7) is 7.66. The topological polar surface area (TPSA) is 132 Å². The lowest BCUT2D eigenvalue weighted by molar-refractivity contribution is 0.0579. The number of pyridine rings is 1. The fraction of sp³-hybridized carbons (Fsp3) is 0.429. The number of nitrogens with zero attached hydrogens (tertiary/aromatic N) is 4. The second kappa shape index (κ2) is 8.29. The second-order valence-electron chi connectivity index (χ2n) is 8.14. The molecule has 164 valence electrons. The van der Waals surface area contributed by atoms with Crippen LogP contribution in [0.1, 0.15) is 65.5 Å². The molecule has 10 heteroatoms. The van der Waals surface area contributed by atoms with E-state index < -0.39 is 35.1 Å². The molecule has 1 atom stereocenters. The van der Waals surface area contributed by atoms with Crippen molar-refractivity contribution in [3.05, 3.63) is 41.3 Å². The zero-order valence-corrected chi connectivity index (χ0v) is 17.8. The molecule has 0 fully saturated rings. The van der Waals surface area contributed by atoms with Crippen molar-refractivity contribution in [2.45, 2.75) is 46.3 Å². The summed E-state index contributed by atoms with van der Waals surface area (Å²) in [5.41, 5.74) is -0.555. The molecule has 3 heterocycles. The van der Waals surface area contributed by atoms with Gasteiger partial charge in [-0.3, -0.25) is 19.2 Å². The Morgan fingerprint density at radius 1 is 1.29 bits per heavy atom. The van der Waals surface area contributed by atoms with Crippen LogP contribution in [0.15, 0.2) is 24.4 Å². The Morgan fingerprint density at radius 3 is 2.55 bits per heavy atom. The van der Waals surface area contributed by atoms with Crippen molar-refractivity contribution in [3.63, 3.8) is 0 Å².